The number of amides is 2. The quantitative estimate of drug-likeness (QED) is 0.710. The third-order valence-corrected chi connectivity index (χ3v) is 9.30. The van der Waals surface area contributed by atoms with Gasteiger partial charge in [0.25, 0.3) is 5.91 Å². The molecule has 178 valence electrons. The van der Waals surface area contributed by atoms with Gasteiger partial charge in [-0.3, -0.25) is 9.59 Å². The second kappa shape index (κ2) is 8.85. The maximum absolute atomic E-state index is 13.2. The largest absolute Gasteiger partial charge is 0.335 e. The number of anilines is 1. The lowest BCUT2D eigenvalue weighted by molar-refractivity contribution is -0.123. The first-order valence-corrected chi connectivity index (χ1v) is 13.6. The normalized spacial score (nSPS) is 17.2. The third kappa shape index (κ3) is 4.85. The van der Waals surface area contributed by atoms with Crippen LogP contribution in [0.25, 0.3) is 0 Å². The van der Waals surface area contributed by atoms with E-state index in [-0.39, 0.29) is 24.9 Å². The number of hydrogen-bond acceptors (Lipinski definition) is 5. The van der Waals surface area contributed by atoms with E-state index in [2.05, 4.69) is 5.32 Å². The zero-order valence-corrected chi connectivity index (χ0v) is 21.2. The number of hydrogen-bond donors (Lipinski definition) is 1. The van der Waals surface area contributed by atoms with Gasteiger partial charge in [0, 0.05) is 31.6 Å². The van der Waals surface area contributed by atoms with Crippen molar-refractivity contribution in [1.82, 2.24) is 9.21 Å². The molecular formula is C24H31N3O4S2. The summed E-state index contributed by atoms with van der Waals surface area (Å²) in [5.41, 5.74) is 2.66. The Labute approximate surface area is 199 Å². The number of fused-ring (bicyclic) bond motifs is 1. The van der Waals surface area contributed by atoms with Crippen LogP contribution in [0.4, 0.5) is 5.00 Å². The molecule has 1 aromatic carbocycles. The van der Waals surface area contributed by atoms with Gasteiger partial charge in [-0.25, -0.2) is 8.42 Å². The molecule has 4 rings (SSSR count). The lowest BCUT2D eigenvalue weighted by Gasteiger charge is -2.34. The van der Waals surface area contributed by atoms with Gasteiger partial charge < -0.3 is 10.2 Å². The Kier molecular flexibility index (Phi) is 6.41. The fraction of sp³-hybridized carbons (Fsp3) is 0.500. The number of nitrogens with zero attached hydrogens (tertiary/aromatic N) is 2. The number of carbonyl (C=O) groups is 2. The summed E-state index contributed by atoms with van der Waals surface area (Å²) in [4.78, 5) is 28.0. The molecule has 0 unspecified atom stereocenters. The molecule has 1 N–H and O–H groups in total. The number of thiophene rings is 1. The lowest BCUT2D eigenvalue weighted by Crippen LogP contribution is -2.50. The molecule has 1 fully saturated rings. The molecule has 0 spiro atoms. The van der Waals surface area contributed by atoms with Crippen LogP contribution < -0.4 is 5.32 Å². The Morgan fingerprint density at radius 3 is 2.33 bits per heavy atom. The summed E-state index contributed by atoms with van der Waals surface area (Å²) in [6, 6.07) is 7.28. The maximum Gasteiger partial charge on any atom is 0.264 e. The van der Waals surface area contributed by atoms with E-state index >= 15 is 0 Å². The molecule has 1 aliphatic heterocycles. The number of sulfonamides is 1. The number of benzene rings is 1. The minimum absolute atomic E-state index is 0.104. The van der Waals surface area contributed by atoms with Crippen LogP contribution in [0.2, 0.25) is 0 Å². The Balaban J connectivity index is 1.42. The van der Waals surface area contributed by atoms with Crippen molar-refractivity contribution in [2.45, 2.75) is 51.9 Å². The molecule has 2 heterocycles. The monoisotopic (exact) mass is 489 g/mol. The van der Waals surface area contributed by atoms with Crippen LogP contribution in [-0.2, 0) is 27.7 Å². The molecule has 0 radical (unpaired) electrons. The average Bonchev–Trinajstić information content (AvgIpc) is 3.38. The van der Waals surface area contributed by atoms with E-state index in [0.717, 1.165) is 30.4 Å². The van der Waals surface area contributed by atoms with E-state index in [1.165, 1.54) is 21.2 Å². The Morgan fingerprint density at radius 2 is 1.67 bits per heavy atom. The number of carbonyl (C=O) groups excluding carboxylic acids is 2. The van der Waals surface area contributed by atoms with E-state index in [1.54, 1.807) is 11.0 Å². The third-order valence-electron chi connectivity index (χ3n) is 6.26. The second-order valence-corrected chi connectivity index (χ2v) is 12.8. The minimum Gasteiger partial charge on any atom is -0.335 e. The lowest BCUT2D eigenvalue weighted by atomic mass is 9.96. The summed E-state index contributed by atoms with van der Waals surface area (Å²) in [7, 11) is -3.58. The first-order chi connectivity index (χ1) is 15.5. The van der Waals surface area contributed by atoms with Crippen molar-refractivity contribution in [3.63, 3.8) is 0 Å². The first-order valence-electron chi connectivity index (χ1n) is 11.3. The van der Waals surface area contributed by atoms with Crippen molar-refractivity contribution in [3.8, 4) is 0 Å². The van der Waals surface area contributed by atoms with Gasteiger partial charge in [0.15, 0.2) is 0 Å². The fourth-order valence-electron chi connectivity index (χ4n) is 4.19. The van der Waals surface area contributed by atoms with Crippen LogP contribution in [0.5, 0.6) is 0 Å². The Hall–Kier alpha value is -2.23. The summed E-state index contributed by atoms with van der Waals surface area (Å²) in [5.74, 6) is -0.225. The first kappa shape index (κ1) is 23.9. The van der Waals surface area contributed by atoms with Crippen LogP contribution >= 0.6 is 11.3 Å². The van der Waals surface area contributed by atoms with Crippen LogP contribution in [0, 0.1) is 12.3 Å². The highest BCUT2D eigenvalue weighted by molar-refractivity contribution is 7.89. The molecule has 2 aromatic rings. The van der Waals surface area contributed by atoms with Crippen molar-refractivity contribution in [2.24, 2.45) is 5.41 Å². The average molecular weight is 490 g/mol. The van der Waals surface area contributed by atoms with Crippen LogP contribution in [0.15, 0.2) is 29.2 Å². The van der Waals surface area contributed by atoms with Crippen LogP contribution in [0.1, 0.15) is 53.6 Å². The summed E-state index contributed by atoms with van der Waals surface area (Å²) in [6.45, 7) is 8.58. The summed E-state index contributed by atoms with van der Waals surface area (Å²) in [5, 5.41) is 3.53. The molecule has 9 heteroatoms. The fourth-order valence-corrected chi connectivity index (χ4v) is 6.70. The minimum atomic E-state index is -3.58. The van der Waals surface area contributed by atoms with Gasteiger partial charge in [0.2, 0.25) is 15.9 Å². The topological polar surface area (TPSA) is 86.8 Å². The van der Waals surface area contributed by atoms with Gasteiger partial charge in [-0.05, 0) is 61.1 Å². The highest BCUT2D eigenvalue weighted by Gasteiger charge is 2.32. The predicted molar refractivity (Wildman–Crippen MR) is 130 cm³/mol. The van der Waals surface area contributed by atoms with Gasteiger partial charge in [0.1, 0.15) is 0 Å². The SMILES string of the molecule is Cc1cc(NC(=O)C(C)(C)C)sc1C(=O)N1CCN(S(=O)(=O)c2ccc3c(c2)CCC3)CC1. The van der Waals surface area contributed by atoms with Crippen molar-refractivity contribution in [1.29, 1.82) is 0 Å². The second-order valence-electron chi connectivity index (χ2n) is 9.81. The molecule has 33 heavy (non-hydrogen) atoms. The van der Waals surface area contributed by atoms with E-state index in [0.29, 0.717) is 27.9 Å². The maximum atomic E-state index is 13.2. The molecule has 2 aliphatic rings. The summed E-state index contributed by atoms with van der Waals surface area (Å²) < 4.78 is 27.8. The van der Waals surface area contributed by atoms with E-state index in [1.807, 2.05) is 45.9 Å². The van der Waals surface area contributed by atoms with Crippen LogP contribution in [0.3, 0.4) is 0 Å². The summed E-state index contributed by atoms with van der Waals surface area (Å²) >= 11 is 1.27. The molecule has 2 amide bonds. The van der Waals surface area contributed by atoms with Crippen molar-refractivity contribution >= 4 is 38.2 Å². The molecule has 0 atom stereocenters. The zero-order valence-electron chi connectivity index (χ0n) is 19.6. The number of rotatable bonds is 4. The van der Waals surface area contributed by atoms with Crippen molar-refractivity contribution in [3.05, 3.63) is 45.8 Å². The van der Waals surface area contributed by atoms with Gasteiger partial charge in [-0.1, -0.05) is 26.8 Å². The van der Waals surface area contributed by atoms with Crippen molar-refractivity contribution < 1.29 is 18.0 Å². The van der Waals surface area contributed by atoms with E-state index in [4.69, 9.17) is 0 Å². The molecule has 1 aromatic heterocycles. The Morgan fingerprint density at radius 1 is 1.00 bits per heavy atom. The zero-order chi connectivity index (χ0) is 24.0. The molecule has 7 nitrogen and oxygen atoms in total. The number of nitrogens with one attached hydrogen (secondary N) is 1. The molecule has 0 bridgehead atoms. The van der Waals surface area contributed by atoms with Crippen LogP contribution in [-0.4, -0.2) is 55.6 Å². The molecular weight excluding hydrogens is 458 g/mol. The predicted octanol–water partition coefficient (Wildman–Crippen LogP) is 3.68. The van der Waals surface area contributed by atoms with Gasteiger partial charge in [-0.15, -0.1) is 11.3 Å². The van der Waals surface area contributed by atoms with Crippen molar-refractivity contribution in [2.75, 3.05) is 31.5 Å². The van der Waals surface area contributed by atoms with Gasteiger partial charge in [0.05, 0.1) is 14.8 Å². The standard InChI is InChI=1S/C24H31N3O4S2/c1-16-14-20(25-23(29)24(2,3)4)32-21(16)22(28)26-10-12-27(13-11-26)33(30,31)19-9-8-17-6-5-7-18(17)15-19/h8-9,14-15H,5-7,10-13H2,1-4H3,(H,25,29). The molecule has 1 aliphatic carbocycles. The number of aryl methyl sites for hydroxylation is 3. The van der Waals surface area contributed by atoms with Gasteiger partial charge >= 0.3 is 0 Å². The summed E-state index contributed by atoms with van der Waals surface area (Å²) in [6.07, 6.45) is 3.02. The highest BCUT2D eigenvalue weighted by atomic mass is 32.2. The number of piperazine rings is 1. The smallest absolute Gasteiger partial charge is 0.264 e. The highest BCUT2D eigenvalue weighted by Crippen LogP contribution is 2.31. The Bertz CT molecular complexity index is 1190. The van der Waals surface area contributed by atoms with E-state index in [9.17, 15) is 18.0 Å². The molecule has 1 saturated heterocycles. The molecule has 0 saturated carbocycles. The van der Waals surface area contributed by atoms with E-state index < -0.39 is 15.4 Å². The van der Waals surface area contributed by atoms with Gasteiger partial charge in [-0.2, -0.15) is 4.31 Å².